The zero-order valence-corrected chi connectivity index (χ0v) is 23.2. The second-order valence-electron chi connectivity index (χ2n) is 9.27. The SMILES string of the molecule is CCOC(=O)C1CCN(C(=O)CCN(C(Cc2ccc(F)cc2)C(=O)NO)S(=O)(=O)c2ccc(OC)cc2)CC1. The van der Waals surface area contributed by atoms with E-state index in [2.05, 4.69) is 0 Å². The number of piperidine rings is 1. The summed E-state index contributed by atoms with van der Waals surface area (Å²) in [7, 11) is -2.93. The summed E-state index contributed by atoms with van der Waals surface area (Å²) < 4.78 is 52.1. The minimum absolute atomic E-state index is 0.147. The Morgan fingerprint density at radius 1 is 1.10 bits per heavy atom. The number of halogens is 1. The minimum atomic E-state index is -4.36. The first-order valence-corrected chi connectivity index (χ1v) is 14.3. The van der Waals surface area contributed by atoms with Crippen LogP contribution in [0.4, 0.5) is 4.39 Å². The summed E-state index contributed by atoms with van der Waals surface area (Å²) >= 11 is 0. The highest BCUT2D eigenvalue weighted by Crippen LogP contribution is 2.25. The lowest BCUT2D eigenvalue weighted by Gasteiger charge is -2.33. The van der Waals surface area contributed by atoms with E-state index in [1.165, 1.54) is 61.1 Å². The molecule has 1 saturated heterocycles. The van der Waals surface area contributed by atoms with Crippen LogP contribution in [0.15, 0.2) is 53.4 Å². The van der Waals surface area contributed by atoms with Crippen LogP contribution in [-0.4, -0.2) is 80.0 Å². The largest absolute Gasteiger partial charge is 0.497 e. The van der Waals surface area contributed by atoms with E-state index in [1.807, 2.05) is 0 Å². The monoisotopic (exact) mass is 579 g/mol. The maximum atomic E-state index is 13.8. The van der Waals surface area contributed by atoms with Gasteiger partial charge in [0, 0.05) is 26.1 Å². The number of methoxy groups -OCH3 is 1. The third kappa shape index (κ3) is 7.77. The Morgan fingerprint density at radius 2 is 1.73 bits per heavy atom. The molecule has 0 spiro atoms. The third-order valence-corrected chi connectivity index (χ3v) is 8.70. The van der Waals surface area contributed by atoms with Gasteiger partial charge in [-0.15, -0.1) is 0 Å². The molecule has 11 nitrogen and oxygen atoms in total. The van der Waals surface area contributed by atoms with Crippen molar-refractivity contribution in [1.82, 2.24) is 14.7 Å². The molecular formula is C27H34FN3O8S. The number of carbonyl (C=O) groups is 3. The Bertz CT molecular complexity index is 1260. The van der Waals surface area contributed by atoms with Gasteiger partial charge in [0.15, 0.2) is 0 Å². The number of hydrogen-bond donors (Lipinski definition) is 2. The molecule has 0 bridgehead atoms. The molecule has 218 valence electrons. The molecule has 1 unspecified atom stereocenters. The summed E-state index contributed by atoms with van der Waals surface area (Å²) in [4.78, 5) is 39.3. The first kappa shape index (κ1) is 31.0. The first-order chi connectivity index (χ1) is 19.1. The number of nitrogens with zero attached hydrogens (tertiary/aromatic N) is 2. The number of hydroxylamine groups is 1. The second-order valence-corrected chi connectivity index (χ2v) is 11.2. The molecular weight excluding hydrogens is 545 g/mol. The summed E-state index contributed by atoms with van der Waals surface area (Å²) in [6.45, 7) is 2.25. The number of nitrogens with one attached hydrogen (secondary N) is 1. The van der Waals surface area contributed by atoms with E-state index in [9.17, 15) is 32.4 Å². The van der Waals surface area contributed by atoms with Crippen molar-refractivity contribution in [3.8, 4) is 5.75 Å². The molecule has 40 heavy (non-hydrogen) atoms. The van der Waals surface area contributed by atoms with Crippen molar-refractivity contribution in [3.05, 3.63) is 59.9 Å². The van der Waals surface area contributed by atoms with Crippen molar-refractivity contribution in [1.29, 1.82) is 0 Å². The number of benzene rings is 2. The quantitative estimate of drug-likeness (QED) is 0.221. The molecule has 0 radical (unpaired) electrons. The molecule has 1 fully saturated rings. The van der Waals surface area contributed by atoms with Crippen molar-refractivity contribution >= 4 is 27.8 Å². The van der Waals surface area contributed by atoms with Crippen molar-refractivity contribution in [3.63, 3.8) is 0 Å². The van der Waals surface area contributed by atoms with Crippen LogP contribution in [0.3, 0.4) is 0 Å². The van der Waals surface area contributed by atoms with Crippen LogP contribution < -0.4 is 10.2 Å². The summed E-state index contributed by atoms with van der Waals surface area (Å²) in [6.07, 6.45) is 0.413. The number of carbonyl (C=O) groups excluding carboxylic acids is 3. The van der Waals surface area contributed by atoms with Gasteiger partial charge in [0.1, 0.15) is 17.6 Å². The Balaban J connectivity index is 1.85. The lowest BCUT2D eigenvalue weighted by molar-refractivity contribution is -0.151. The summed E-state index contributed by atoms with van der Waals surface area (Å²) in [5, 5.41) is 9.46. The molecule has 1 aliphatic heterocycles. The molecule has 2 amide bonds. The molecule has 3 rings (SSSR count). The predicted octanol–water partition coefficient (Wildman–Crippen LogP) is 2.13. The standard InChI is InChI=1S/C27H34FN3O8S/c1-3-39-27(34)20-12-15-30(16-13-20)25(32)14-17-31(40(36,37)23-10-8-22(38-2)9-11-23)24(26(33)29-35)18-19-4-6-21(28)7-5-19/h4-11,20,24,35H,3,12-18H2,1-2H3,(H,29,33). The van der Waals surface area contributed by atoms with E-state index in [-0.39, 0.29) is 48.7 Å². The van der Waals surface area contributed by atoms with Gasteiger partial charge in [-0.2, -0.15) is 4.31 Å². The van der Waals surface area contributed by atoms with Gasteiger partial charge in [0.25, 0.3) is 5.91 Å². The van der Waals surface area contributed by atoms with Gasteiger partial charge in [0.05, 0.1) is 24.5 Å². The lowest BCUT2D eigenvalue weighted by Crippen LogP contribution is -2.51. The van der Waals surface area contributed by atoms with E-state index >= 15 is 0 Å². The molecule has 2 aromatic carbocycles. The minimum Gasteiger partial charge on any atom is -0.497 e. The maximum absolute atomic E-state index is 13.8. The number of ether oxygens (including phenoxy) is 2. The summed E-state index contributed by atoms with van der Waals surface area (Å²) in [5.41, 5.74) is 1.96. The number of amides is 2. The highest BCUT2D eigenvalue weighted by Gasteiger charge is 2.37. The fourth-order valence-corrected chi connectivity index (χ4v) is 6.15. The molecule has 2 aromatic rings. The van der Waals surface area contributed by atoms with Crippen molar-refractivity contribution in [2.24, 2.45) is 5.92 Å². The summed E-state index contributed by atoms with van der Waals surface area (Å²) in [6, 6.07) is 9.24. The zero-order valence-electron chi connectivity index (χ0n) is 22.4. The van der Waals surface area contributed by atoms with Crippen LogP contribution in [0, 0.1) is 11.7 Å². The fourth-order valence-electron chi connectivity index (χ4n) is 4.56. The van der Waals surface area contributed by atoms with Crippen LogP contribution in [0.2, 0.25) is 0 Å². The molecule has 0 saturated carbocycles. The van der Waals surface area contributed by atoms with Crippen molar-refractivity contribution in [2.45, 2.75) is 43.5 Å². The third-order valence-electron chi connectivity index (χ3n) is 6.78. The van der Waals surface area contributed by atoms with Gasteiger partial charge in [-0.05, 0) is 68.1 Å². The average Bonchev–Trinajstić information content (AvgIpc) is 2.97. The number of esters is 1. The van der Waals surface area contributed by atoms with Crippen LogP contribution in [0.25, 0.3) is 0 Å². The maximum Gasteiger partial charge on any atom is 0.309 e. The Hall–Kier alpha value is -3.55. The fraction of sp³-hybridized carbons (Fsp3) is 0.444. The van der Waals surface area contributed by atoms with Gasteiger partial charge >= 0.3 is 5.97 Å². The first-order valence-electron chi connectivity index (χ1n) is 12.9. The van der Waals surface area contributed by atoms with Crippen molar-refractivity contribution in [2.75, 3.05) is 33.4 Å². The Kier molecular flexibility index (Phi) is 11.0. The number of hydrogen-bond acceptors (Lipinski definition) is 8. The van der Waals surface area contributed by atoms with E-state index < -0.39 is 27.8 Å². The normalized spacial score (nSPS) is 15.0. The molecule has 0 aliphatic carbocycles. The molecule has 13 heteroatoms. The van der Waals surface area contributed by atoms with Gasteiger partial charge < -0.3 is 14.4 Å². The molecule has 0 aromatic heterocycles. The topological polar surface area (TPSA) is 143 Å². The number of likely N-dealkylation sites (tertiary alicyclic amines) is 1. The molecule has 1 atom stereocenters. The second kappa shape index (κ2) is 14.2. The number of sulfonamides is 1. The molecule has 1 heterocycles. The van der Waals surface area contributed by atoms with Crippen LogP contribution in [0.5, 0.6) is 5.75 Å². The van der Waals surface area contributed by atoms with Gasteiger partial charge in [-0.3, -0.25) is 19.6 Å². The van der Waals surface area contributed by atoms with Crippen LogP contribution in [-0.2, 0) is 35.6 Å². The van der Waals surface area contributed by atoms with E-state index in [0.29, 0.717) is 37.2 Å². The summed E-state index contributed by atoms with van der Waals surface area (Å²) in [5.74, 6) is -2.05. The smallest absolute Gasteiger partial charge is 0.309 e. The van der Waals surface area contributed by atoms with E-state index in [0.717, 1.165) is 4.31 Å². The van der Waals surface area contributed by atoms with Gasteiger partial charge in [0.2, 0.25) is 15.9 Å². The molecule has 1 aliphatic rings. The van der Waals surface area contributed by atoms with E-state index in [4.69, 9.17) is 9.47 Å². The van der Waals surface area contributed by atoms with Crippen LogP contribution >= 0.6 is 0 Å². The number of rotatable bonds is 12. The van der Waals surface area contributed by atoms with Gasteiger partial charge in [-0.25, -0.2) is 18.3 Å². The highest BCUT2D eigenvalue weighted by molar-refractivity contribution is 7.89. The van der Waals surface area contributed by atoms with Crippen LogP contribution in [0.1, 0.15) is 31.7 Å². The van der Waals surface area contributed by atoms with E-state index in [1.54, 1.807) is 11.8 Å². The highest BCUT2D eigenvalue weighted by atomic mass is 32.2. The average molecular weight is 580 g/mol. The van der Waals surface area contributed by atoms with Gasteiger partial charge in [-0.1, -0.05) is 12.1 Å². The van der Waals surface area contributed by atoms with Crippen molar-refractivity contribution < 1.29 is 41.9 Å². The Morgan fingerprint density at radius 3 is 2.27 bits per heavy atom. The predicted molar refractivity (Wildman–Crippen MR) is 141 cm³/mol. The Labute approximate surface area is 232 Å². The molecule has 2 N–H and O–H groups in total. The zero-order chi connectivity index (χ0) is 29.3. The lowest BCUT2D eigenvalue weighted by atomic mass is 9.97.